The van der Waals surface area contributed by atoms with Crippen LogP contribution in [0.2, 0.25) is 0 Å². The largest absolute Gasteiger partial charge is 0.490 e. The Morgan fingerprint density at radius 2 is 1.74 bits per heavy atom. The highest BCUT2D eigenvalue weighted by molar-refractivity contribution is 5.32. The van der Waals surface area contributed by atoms with Gasteiger partial charge in [-0.1, -0.05) is 32.4 Å². The summed E-state index contributed by atoms with van der Waals surface area (Å²) in [4.78, 5) is 0. The van der Waals surface area contributed by atoms with Crippen molar-refractivity contribution in [3.8, 4) is 5.75 Å². The summed E-state index contributed by atoms with van der Waals surface area (Å²) in [6.07, 6.45) is 6.00. The third-order valence-electron chi connectivity index (χ3n) is 4.75. The Morgan fingerprint density at radius 3 is 2.37 bits per heavy atom. The van der Waals surface area contributed by atoms with Gasteiger partial charge in [0.05, 0.1) is 11.7 Å². The zero-order valence-corrected chi connectivity index (χ0v) is 11.9. The second-order valence-corrected chi connectivity index (χ2v) is 6.55. The van der Waals surface area contributed by atoms with Crippen molar-refractivity contribution in [1.29, 1.82) is 0 Å². The lowest BCUT2D eigenvalue weighted by atomic mass is 9.69. The van der Waals surface area contributed by atoms with E-state index in [4.69, 9.17) is 4.74 Å². The Balaban J connectivity index is 1.79. The van der Waals surface area contributed by atoms with E-state index in [2.05, 4.69) is 13.8 Å². The summed E-state index contributed by atoms with van der Waals surface area (Å²) in [5.74, 6) is 1.87. The minimum Gasteiger partial charge on any atom is -0.490 e. The first-order chi connectivity index (χ1) is 9.08. The highest BCUT2D eigenvalue weighted by Gasteiger charge is 2.40. The second kappa shape index (κ2) is 4.82. The Morgan fingerprint density at radius 1 is 1.05 bits per heavy atom. The zero-order valence-electron chi connectivity index (χ0n) is 11.9. The van der Waals surface area contributed by atoms with Crippen molar-refractivity contribution in [2.45, 2.75) is 57.7 Å². The van der Waals surface area contributed by atoms with Gasteiger partial charge in [0.15, 0.2) is 0 Å². The average molecular weight is 260 g/mol. The maximum Gasteiger partial charge on any atom is 0.119 e. The van der Waals surface area contributed by atoms with E-state index in [-0.39, 0.29) is 0 Å². The van der Waals surface area contributed by atoms with Crippen LogP contribution in [0.15, 0.2) is 24.3 Å². The van der Waals surface area contributed by atoms with Gasteiger partial charge >= 0.3 is 0 Å². The van der Waals surface area contributed by atoms with Crippen LogP contribution in [-0.4, -0.2) is 11.2 Å². The molecule has 19 heavy (non-hydrogen) atoms. The maximum absolute atomic E-state index is 11.0. The fourth-order valence-corrected chi connectivity index (χ4v) is 3.21. The second-order valence-electron chi connectivity index (χ2n) is 6.55. The summed E-state index contributed by atoms with van der Waals surface area (Å²) in [6.45, 7) is 4.40. The summed E-state index contributed by atoms with van der Waals surface area (Å²) in [5.41, 5.74) is 0.394. The Kier molecular flexibility index (Phi) is 3.30. The minimum atomic E-state index is -0.657. The Bertz CT molecular complexity index is 435. The molecule has 0 spiro atoms. The van der Waals surface area contributed by atoms with Crippen LogP contribution in [0.3, 0.4) is 0 Å². The summed E-state index contributed by atoms with van der Waals surface area (Å²) in [5, 5.41) is 11.0. The van der Waals surface area contributed by atoms with E-state index in [9.17, 15) is 5.11 Å². The van der Waals surface area contributed by atoms with E-state index >= 15 is 0 Å². The van der Waals surface area contributed by atoms with E-state index < -0.39 is 5.60 Å². The lowest BCUT2D eigenvalue weighted by Crippen LogP contribution is -2.39. The maximum atomic E-state index is 11.0. The molecule has 0 heterocycles. The number of hydrogen-bond acceptors (Lipinski definition) is 2. The standard InChI is InChI=1S/C17H24O2/c1-12-3-4-13(2)17(18,11-12)14-5-7-15(8-6-14)19-16-9-10-16/h5-8,12-13,16,18H,3-4,9-11H2,1-2H3. The van der Waals surface area contributed by atoms with E-state index in [1.165, 1.54) is 19.3 Å². The van der Waals surface area contributed by atoms with E-state index in [0.717, 1.165) is 24.2 Å². The summed E-state index contributed by atoms with van der Waals surface area (Å²) in [6, 6.07) is 8.12. The van der Waals surface area contributed by atoms with Crippen molar-refractivity contribution < 1.29 is 9.84 Å². The van der Waals surface area contributed by atoms with Gasteiger partial charge in [-0.3, -0.25) is 0 Å². The molecule has 3 rings (SSSR count). The van der Waals surface area contributed by atoms with Crippen molar-refractivity contribution in [1.82, 2.24) is 0 Å². The van der Waals surface area contributed by atoms with Crippen LogP contribution < -0.4 is 4.74 Å². The molecule has 1 N–H and O–H groups in total. The monoisotopic (exact) mass is 260 g/mol. The van der Waals surface area contributed by atoms with Gasteiger partial charge in [-0.2, -0.15) is 0 Å². The van der Waals surface area contributed by atoms with Gasteiger partial charge < -0.3 is 9.84 Å². The lowest BCUT2D eigenvalue weighted by molar-refractivity contribution is -0.0627. The molecule has 1 aromatic rings. The van der Waals surface area contributed by atoms with Crippen LogP contribution in [0.25, 0.3) is 0 Å². The molecule has 0 saturated heterocycles. The number of hydrogen-bond donors (Lipinski definition) is 1. The predicted octanol–water partition coefficient (Wildman–Crippen LogP) is 3.87. The minimum absolute atomic E-state index is 0.332. The molecule has 2 aliphatic rings. The molecule has 1 aromatic carbocycles. The van der Waals surface area contributed by atoms with E-state index in [0.29, 0.717) is 17.9 Å². The molecule has 3 atom stereocenters. The van der Waals surface area contributed by atoms with Gasteiger partial charge in [-0.25, -0.2) is 0 Å². The molecule has 0 aliphatic heterocycles. The molecular weight excluding hydrogens is 236 g/mol. The third-order valence-corrected chi connectivity index (χ3v) is 4.75. The van der Waals surface area contributed by atoms with E-state index in [1.807, 2.05) is 24.3 Å². The molecule has 0 bridgehead atoms. The van der Waals surface area contributed by atoms with Gasteiger partial charge in [0, 0.05) is 0 Å². The molecule has 2 fully saturated rings. The van der Waals surface area contributed by atoms with Gasteiger partial charge in [-0.15, -0.1) is 0 Å². The van der Waals surface area contributed by atoms with Crippen molar-refractivity contribution in [2.24, 2.45) is 11.8 Å². The molecule has 2 heteroatoms. The third kappa shape index (κ3) is 2.64. The van der Waals surface area contributed by atoms with Crippen LogP contribution in [0.1, 0.15) is 51.5 Å². The molecule has 2 nitrogen and oxygen atoms in total. The SMILES string of the molecule is CC1CCC(C)C(O)(c2ccc(OC3CC3)cc2)C1. The summed E-state index contributed by atoms with van der Waals surface area (Å²) < 4.78 is 5.77. The number of aliphatic hydroxyl groups is 1. The number of benzene rings is 1. The highest BCUT2D eigenvalue weighted by Crippen LogP contribution is 2.44. The highest BCUT2D eigenvalue weighted by atomic mass is 16.5. The fraction of sp³-hybridized carbons (Fsp3) is 0.647. The zero-order chi connectivity index (χ0) is 13.5. The molecule has 104 valence electrons. The van der Waals surface area contributed by atoms with Gasteiger partial charge in [0.1, 0.15) is 5.75 Å². The van der Waals surface area contributed by atoms with Gasteiger partial charge in [0.2, 0.25) is 0 Å². The molecule has 3 unspecified atom stereocenters. The van der Waals surface area contributed by atoms with Gasteiger partial charge in [0.25, 0.3) is 0 Å². The molecule has 0 aromatic heterocycles. The molecule has 2 saturated carbocycles. The van der Waals surface area contributed by atoms with Crippen molar-refractivity contribution >= 4 is 0 Å². The normalized spacial score (nSPS) is 35.1. The first-order valence-corrected chi connectivity index (χ1v) is 7.57. The molecular formula is C17H24O2. The fourth-order valence-electron chi connectivity index (χ4n) is 3.21. The predicted molar refractivity (Wildman–Crippen MR) is 76.2 cm³/mol. The number of ether oxygens (including phenoxy) is 1. The molecule has 0 amide bonds. The molecule has 2 aliphatic carbocycles. The van der Waals surface area contributed by atoms with Crippen LogP contribution in [0.4, 0.5) is 0 Å². The van der Waals surface area contributed by atoms with Crippen LogP contribution in [-0.2, 0) is 5.60 Å². The van der Waals surface area contributed by atoms with Crippen molar-refractivity contribution in [3.63, 3.8) is 0 Å². The average Bonchev–Trinajstić information content (AvgIpc) is 3.19. The van der Waals surface area contributed by atoms with Gasteiger partial charge in [-0.05, 0) is 55.2 Å². The van der Waals surface area contributed by atoms with Crippen LogP contribution in [0, 0.1) is 11.8 Å². The molecule has 0 radical (unpaired) electrons. The van der Waals surface area contributed by atoms with E-state index in [1.54, 1.807) is 0 Å². The first kappa shape index (κ1) is 13.0. The van der Waals surface area contributed by atoms with Crippen LogP contribution in [0.5, 0.6) is 5.75 Å². The lowest BCUT2D eigenvalue weighted by Gasteiger charge is -2.41. The quantitative estimate of drug-likeness (QED) is 0.894. The first-order valence-electron chi connectivity index (χ1n) is 7.57. The van der Waals surface area contributed by atoms with Crippen LogP contribution >= 0.6 is 0 Å². The summed E-state index contributed by atoms with van der Waals surface area (Å²) in [7, 11) is 0. The Hall–Kier alpha value is -1.02. The van der Waals surface area contributed by atoms with Crippen molar-refractivity contribution in [2.75, 3.05) is 0 Å². The topological polar surface area (TPSA) is 29.5 Å². The number of rotatable bonds is 3. The summed E-state index contributed by atoms with van der Waals surface area (Å²) >= 11 is 0. The smallest absolute Gasteiger partial charge is 0.119 e. The Labute approximate surface area is 115 Å². The van der Waals surface area contributed by atoms with Crippen molar-refractivity contribution in [3.05, 3.63) is 29.8 Å².